The fraction of sp³-hybridized carbons (Fsp3) is 1.00. The lowest BCUT2D eigenvalue weighted by molar-refractivity contribution is 0.211. The lowest BCUT2D eigenvalue weighted by Gasteiger charge is -2.17. The van der Waals surface area contributed by atoms with E-state index >= 15 is 0 Å². The molecule has 0 saturated carbocycles. The number of rotatable bonds is 2. The van der Waals surface area contributed by atoms with Gasteiger partial charge in [-0.1, -0.05) is 13.3 Å². The van der Waals surface area contributed by atoms with Crippen LogP contribution in [-0.2, 0) is 0 Å². The van der Waals surface area contributed by atoms with Crippen LogP contribution in [0.4, 0.5) is 4.39 Å². The van der Waals surface area contributed by atoms with Crippen LogP contribution < -0.4 is 5.32 Å². The van der Waals surface area contributed by atoms with E-state index in [0.29, 0.717) is 6.42 Å². The Bertz CT molecular complexity index is 97.7. The molecule has 1 N–H and O–H groups in total. The van der Waals surface area contributed by atoms with Crippen LogP contribution in [0.3, 0.4) is 0 Å². The molecule has 1 heterocycles. The zero-order valence-corrected chi connectivity index (χ0v) is 7.28. The molecule has 2 atom stereocenters. The Hall–Kier alpha value is -0.110. The summed E-state index contributed by atoms with van der Waals surface area (Å²) >= 11 is 0. The molecule has 1 nitrogen and oxygen atoms in total. The fourth-order valence-electron chi connectivity index (χ4n) is 1.69. The monoisotopic (exact) mass is 159 g/mol. The minimum Gasteiger partial charge on any atom is -0.316 e. The van der Waals surface area contributed by atoms with Crippen LogP contribution in [0.15, 0.2) is 0 Å². The number of nitrogens with one attached hydrogen (secondary N) is 1. The molecular formula is C9H18FN. The molecule has 2 unspecified atom stereocenters. The molecule has 1 fully saturated rings. The van der Waals surface area contributed by atoms with Crippen LogP contribution >= 0.6 is 0 Å². The number of hydrogen-bond acceptors (Lipinski definition) is 1. The summed E-state index contributed by atoms with van der Waals surface area (Å²) in [6.07, 6.45) is 3.57. The highest BCUT2D eigenvalue weighted by Crippen LogP contribution is 2.19. The summed E-state index contributed by atoms with van der Waals surface area (Å²) in [7, 11) is 0. The second kappa shape index (κ2) is 4.70. The van der Waals surface area contributed by atoms with Crippen molar-refractivity contribution in [3.8, 4) is 0 Å². The molecule has 0 aromatic rings. The average molecular weight is 159 g/mol. The highest BCUT2D eigenvalue weighted by Gasteiger charge is 2.19. The van der Waals surface area contributed by atoms with Gasteiger partial charge in [-0.15, -0.1) is 0 Å². The molecule has 0 radical (unpaired) electrons. The molecule has 0 amide bonds. The van der Waals surface area contributed by atoms with Crippen LogP contribution in [-0.4, -0.2) is 19.3 Å². The summed E-state index contributed by atoms with van der Waals surface area (Å²) in [4.78, 5) is 0. The van der Waals surface area contributed by atoms with E-state index in [9.17, 15) is 4.39 Å². The topological polar surface area (TPSA) is 12.0 Å². The van der Waals surface area contributed by atoms with Gasteiger partial charge in [0.1, 0.15) is 6.17 Å². The largest absolute Gasteiger partial charge is 0.316 e. The van der Waals surface area contributed by atoms with E-state index in [-0.39, 0.29) is 5.92 Å². The van der Waals surface area contributed by atoms with Crippen LogP contribution in [0.2, 0.25) is 0 Å². The van der Waals surface area contributed by atoms with Gasteiger partial charge in [-0.25, -0.2) is 4.39 Å². The van der Waals surface area contributed by atoms with E-state index in [2.05, 4.69) is 5.32 Å². The molecule has 11 heavy (non-hydrogen) atoms. The predicted octanol–water partition coefficient (Wildman–Crippen LogP) is 2.12. The van der Waals surface area contributed by atoms with E-state index in [1.807, 2.05) is 6.92 Å². The first-order valence-corrected chi connectivity index (χ1v) is 4.69. The first kappa shape index (κ1) is 8.98. The first-order chi connectivity index (χ1) is 5.34. The summed E-state index contributed by atoms with van der Waals surface area (Å²) in [6, 6.07) is 0. The smallest absolute Gasteiger partial charge is 0.104 e. The van der Waals surface area contributed by atoms with Crippen molar-refractivity contribution in [2.24, 2.45) is 5.92 Å². The van der Waals surface area contributed by atoms with Gasteiger partial charge < -0.3 is 5.32 Å². The van der Waals surface area contributed by atoms with Crippen molar-refractivity contribution in [1.29, 1.82) is 0 Å². The lowest BCUT2D eigenvalue weighted by Crippen LogP contribution is -2.26. The maximum Gasteiger partial charge on any atom is 0.104 e. The molecule has 2 heteroatoms. The number of hydrogen-bond donors (Lipinski definition) is 1. The van der Waals surface area contributed by atoms with Crippen molar-refractivity contribution >= 4 is 0 Å². The summed E-state index contributed by atoms with van der Waals surface area (Å²) in [6.45, 7) is 3.89. The van der Waals surface area contributed by atoms with Crippen molar-refractivity contribution in [1.82, 2.24) is 5.32 Å². The second-order valence-corrected chi connectivity index (χ2v) is 3.38. The van der Waals surface area contributed by atoms with E-state index in [4.69, 9.17) is 0 Å². The van der Waals surface area contributed by atoms with Gasteiger partial charge in [-0.05, 0) is 25.8 Å². The van der Waals surface area contributed by atoms with Crippen LogP contribution in [0.1, 0.15) is 32.6 Å². The fourth-order valence-corrected chi connectivity index (χ4v) is 1.69. The molecule has 0 bridgehead atoms. The quantitative estimate of drug-likeness (QED) is 0.650. The SMILES string of the molecule is CCC(F)C1CCCCNC1. The zero-order chi connectivity index (χ0) is 8.10. The summed E-state index contributed by atoms with van der Waals surface area (Å²) in [5, 5.41) is 3.27. The van der Waals surface area contributed by atoms with Gasteiger partial charge >= 0.3 is 0 Å². The molecule has 1 aliphatic heterocycles. The lowest BCUT2D eigenvalue weighted by atomic mass is 9.97. The Morgan fingerprint density at radius 1 is 1.55 bits per heavy atom. The van der Waals surface area contributed by atoms with E-state index < -0.39 is 6.17 Å². The van der Waals surface area contributed by atoms with Gasteiger partial charge in [0, 0.05) is 12.5 Å². The van der Waals surface area contributed by atoms with Gasteiger partial charge in [0.2, 0.25) is 0 Å². The normalized spacial score (nSPS) is 29.5. The minimum absolute atomic E-state index is 0.280. The molecule has 66 valence electrons. The molecule has 1 aliphatic rings. The zero-order valence-electron chi connectivity index (χ0n) is 7.28. The predicted molar refractivity (Wildman–Crippen MR) is 45.4 cm³/mol. The Kier molecular flexibility index (Phi) is 3.84. The van der Waals surface area contributed by atoms with Crippen LogP contribution in [0.25, 0.3) is 0 Å². The Morgan fingerprint density at radius 2 is 2.36 bits per heavy atom. The maximum absolute atomic E-state index is 13.2. The third-order valence-electron chi connectivity index (χ3n) is 2.49. The van der Waals surface area contributed by atoms with Crippen molar-refractivity contribution < 1.29 is 4.39 Å². The van der Waals surface area contributed by atoms with Crippen LogP contribution in [0.5, 0.6) is 0 Å². The molecule has 1 saturated heterocycles. The highest BCUT2D eigenvalue weighted by molar-refractivity contribution is 4.73. The van der Waals surface area contributed by atoms with Gasteiger partial charge in [-0.3, -0.25) is 0 Å². The Labute approximate surface area is 68.4 Å². The highest BCUT2D eigenvalue weighted by atomic mass is 19.1. The van der Waals surface area contributed by atoms with Crippen molar-refractivity contribution in [3.63, 3.8) is 0 Å². The summed E-state index contributed by atoms with van der Waals surface area (Å²) in [5.74, 6) is 0.280. The van der Waals surface area contributed by atoms with E-state index in [1.54, 1.807) is 0 Å². The number of alkyl halides is 1. The van der Waals surface area contributed by atoms with Gasteiger partial charge in [0.25, 0.3) is 0 Å². The van der Waals surface area contributed by atoms with Crippen molar-refractivity contribution in [2.45, 2.75) is 38.8 Å². The third-order valence-corrected chi connectivity index (χ3v) is 2.49. The first-order valence-electron chi connectivity index (χ1n) is 4.69. The Balaban J connectivity index is 2.30. The molecule has 0 aromatic heterocycles. The minimum atomic E-state index is -0.583. The van der Waals surface area contributed by atoms with Crippen LogP contribution in [0, 0.1) is 5.92 Å². The molecular weight excluding hydrogens is 141 g/mol. The summed E-state index contributed by atoms with van der Waals surface area (Å²) < 4.78 is 13.2. The number of halogens is 1. The van der Waals surface area contributed by atoms with Crippen molar-refractivity contribution in [3.05, 3.63) is 0 Å². The molecule has 1 rings (SSSR count). The standard InChI is InChI=1S/C9H18FN/c1-2-9(10)8-5-3-4-6-11-7-8/h8-9,11H,2-7H2,1H3. The van der Waals surface area contributed by atoms with Crippen molar-refractivity contribution in [2.75, 3.05) is 13.1 Å². The Morgan fingerprint density at radius 3 is 3.09 bits per heavy atom. The van der Waals surface area contributed by atoms with Gasteiger partial charge in [-0.2, -0.15) is 0 Å². The van der Waals surface area contributed by atoms with Gasteiger partial charge in [0.15, 0.2) is 0 Å². The second-order valence-electron chi connectivity index (χ2n) is 3.38. The van der Waals surface area contributed by atoms with Gasteiger partial charge in [0.05, 0.1) is 0 Å². The summed E-state index contributed by atoms with van der Waals surface area (Å²) in [5.41, 5.74) is 0. The third kappa shape index (κ3) is 2.78. The van der Waals surface area contributed by atoms with E-state index in [1.165, 1.54) is 12.8 Å². The average Bonchev–Trinajstić information content (AvgIpc) is 2.30. The molecule has 0 aromatic carbocycles. The maximum atomic E-state index is 13.2. The van der Waals surface area contributed by atoms with E-state index in [0.717, 1.165) is 19.5 Å². The molecule has 0 spiro atoms. The molecule has 0 aliphatic carbocycles.